The summed E-state index contributed by atoms with van der Waals surface area (Å²) in [4.78, 5) is 16.9. The van der Waals surface area contributed by atoms with Crippen molar-refractivity contribution in [2.45, 2.75) is 32.2 Å². The average molecular weight is 271 g/mol. The number of likely N-dealkylation sites (tertiary alicyclic amines) is 1. The molecule has 2 heterocycles. The number of amides is 1. The molecular weight excluding hydrogens is 250 g/mol. The third kappa shape index (κ3) is 2.56. The fourth-order valence-corrected chi connectivity index (χ4v) is 3.12. The maximum absolute atomic E-state index is 11.2. The van der Waals surface area contributed by atoms with Crippen molar-refractivity contribution in [3.8, 4) is 0 Å². The molecule has 4 nitrogen and oxygen atoms in total. The van der Waals surface area contributed by atoms with Crippen LogP contribution in [0.25, 0.3) is 10.9 Å². The van der Waals surface area contributed by atoms with Crippen LogP contribution in [0, 0.1) is 0 Å². The van der Waals surface area contributed by atoms with Crippen molar-refractivity contribution in [3.63, 3.8) is 0 Å². The van der Waals surface area contributed by atoms with Gasteiger partial charge >= 0.3 is 0 Å². The van der Waals surface area contributed by atoms with Crippen LogP contribution >= 0.6 is 0 Å². The highest BCUT2D eigenvalue weighted by molar-refractivity contribution is 5.93. The van der Waals surface area contributed by atoms with Gasteiger partial charge in [-0.2, -0.15) is 0 Å². The van der Waals surface area contributed by atoms with Gasteiger partial charge < -0.3 is 15.2 Å². The number of hydrogen-bond donors (Lipinski definition) is 2. The molecule has 1 aromatic carbocycles. The number of likely N-dealkylation sites (N-methyl/N-ethyl adjacent to an activating group) is 1. The van der Waals surface area contributed by atoms with Gasteiger partial charge in [0, 0.05) is 35.8 Å². The Morgan fingerprint density at radius 2 is 2.35 bits per heavy atom. The Hall–Kier alpha value is -1.81. The van der Waals surface area contributed by atoms with Crippen molar-refractivity contribution in [2.75, 3.05) is 18.9 Å². The predicted octanol–water partition coefficient (Wildman–Crippen LogP) is 2.76. The number of rotatable bonds is 3. The average Bonchev–Trinajstić information content (AvgIpc) is 2.97. The lowest BCUT2D eigenvalue weighted by molar-refractivity contribution is -0.114. The van der Waals surface area contributed by atoms with Crippen molar-refractivity contribution >= 4 is 22.5 Å². The number of fused-ring (bicyclic) bond motifs is 1. The highest BCUT2D eigenvalue weighted by atomic mass is 16.1. The van der Waals surface area contributed by atoms with Crippen molar-refractivity contribution in [3.05, 3.63) is 30.0 Å². The zero-order valence-electron chi connectivity index (χ0n) is 12.1. The third-order valence-corrected chi connectivity index (χ3v) is 4.21. The first kappa shape index (κ1) is 13.2. The monoisotopic (exact) mass is 271 g/mol. The molecule has 2 N–H and O–H groups in total. The van der Waals surface area contributed by atoms with E-state index >= 15 is 0 Å². The maximum atomic E-state index is 11.2. The number of H-pyrrole nitrogens is 1. The van der Waals surface area contributed by atoms with Crippen molar-refractivity contribution in [1.82, 2.24) is 9.88 Å². The summed E-state index contributed by atoms with van der Waals surface area (Å²) in [5.74, 6) is -0.0306. The molecule has 3 rings (SSSR count). The van der Waals surface area contributed by atoms with E-state index in [1.54, 1.807) is 0 Å². The molecule has 1 atom stereocenters. The van der Waals surface area contributed by atoms with Gasteiger partial charge in [0.15, 0.2) is 0 Å². The van der Waals surface area contributed by atoms with Crippen LogP contribution in [-0.2, 0) is 11.2 Å². The lowest BCUT2D eigenvalue weighted by Crippen LogP contribution is -2.26. The molecule has 1 aromatic heterocycles. The lowest BCUT2D eigenvalue weighted by Gasteiger charge is -2.18. The van der Waals surface area contributed by atoms with Gasteiger partial charge in [-0.3, -0.25) is 4.79 Å². The van der Waals surface area contributed by atoms with Gasteiger partial charge in [0.25, 0.3) is 0 Å². The number of carbonyl (C=O) groups excluding carboxylic acids is 1. The highest BCUT2D eigenvalue weighted by Gasteiger charge is 2.22. The van der Waals surface area contributed by atoms with Gasteiger partial charge in [-0.1, -0.05) is 0 Å². The molecule has 0 bridgehead atoms. The zero-order valence-corrected chi connectivity index (χ0v) is 12.1. The number of nitrogens with zero attached hydrogens (tertiary/aromatic N) is 1. The van der Waals surface area contributed by atoms with E-state index in [9.17, 15) is 4.79 Å². The molecule has 106 valence electrons. The molecule has 1 aliphatic rings. The Balaban J connectivity index is 1.88. The Morgan fingerprint density at radius 3 is 3.05 bits per heavy atom. The summed E-state index contributed by atoms with van der Waals surface area (Å²) in [6, 6.07) is 6.67. The first-order chi connectivity index (χ1) is 9.63. The minimum absolute atomic E-state index is 0.0306. The van der Waals surface area contributed by atoms with Crippen LogP contribution in [0.15, 0.2) is 24.4 Å². The summed E-state index contributed by atoms with van der Waals surface area (Å²) < 4.78 is 0. The van der Waals surface area contributed by atoms with E-state index in [0.29, 0.717) is 6.04 Å². The molecule has 1 fully saturated rings. The minimum Gasteiger partial charge on any atom is -0.361 e. The second-order valence-electron chi connectivity index (χ2n) is 5.74. The van der Waals surface area contributed by atoms with E-state index < -0.39 is 0 Å². The fourth-order valence-electron chi connectivity index (χ4n) is 3.12. The van der Waals surface area contributed by atoms with Crippen LogP contribution in [0.4, 0.5) is 5.69 Å². The maximum Gasteiger partial charge on any atom is 0.221 e. The van der Waals surface area contributed by atoms with E-state index in [1.165, 1.54) is 37.3 Å². The first-order valence-corrected chi connectivity index (χ1v) is 7.21. The van der Waals surface area contributed by atoms with Crippen LogP contribution < -0.4 is 5.32 Å². The molecule has 2 aromatic rings. The van der Waals surface area contributed by atoms with Gasteiger partial charge in [-0.15, -0.1) is 0 Å². The zero-order chi connectivity index (χ0) is 14.1. The standard InChI is InChI=1S/C16H21N3O/c1-11(20)18-13-5-6-16-15(9-13)12(10-17-16)8-14-4-3-7-19(14)2/h5-6,9-10,14,17H,3-4,7-8H2,1-2H3,(H,18,20)/t14-/m1/s1. The number of aromatic amines is 1. The summed E-state index contributed by atoms with van der Waals surface area (Å²) in [7, 11) is 2.20. The predicted molar refractivity (Wildman–Crippen MR) is 82.0 cm³/mol. The second-order valence-corrected chi connectivity index (χ2v) is 5.74. The van der Waals surface area contributed by atoms with E-state index in [1.807, 2.05) is 12.1 Å². The quantitative estimate of drug-likeness (QED) is 0.901. The van der Waals surface area contributed by atoms with Crippen LogP contribution in [0.5, 0.6) is 0 Å². The summed E-state index contributed by atoms with van der Waals surface area (Å²) in [5, 5.41) is 4.07. The minimum atomic E-state index is -0.0306. The fraction of sp³-hybridized carbons (Fsp3) is 0.438. The topological polar surface area (TPSA) is 48.1 Å². The van der Waals surface area contributed by atoms with Crippen LogP contribution in [-0.4, -0.2) is 35.4 Å². The number of benzene rings is 1. The number of nitrogens with one attached hydrogen (secondary N) is 2. The molecule has 1 amide bonds. The SMILES string of the molecule is CC(=O)Nc1ccc2[nH]cc(C[C@H]3CCCN3C)c2c1. The molecule has 20 heavy (non-hydrogen) atoms. The van der Waals surface area contributed by atoms with E-state index in [-0.39, 0.29) is 5.91 Å². The van der Waals surface area contributed by atoms with Gasteiger partial charge in [-0.25, -0.2) is 0 Å². The van der Waals surface area contributed by atoms with Crippen LogP contribution in [0.2, 0.25) is 0 Å². The number of carbonyl (C=O) groups is 1. The van der Waals surface area contributed by atoms with Gasteiger partial charge in [0.2, 0.25) is 5.91 Å². The highest BCUT2D eigenvalue weighted by Crippen LogP contribution is 2.26. The van der Waals surface area contributed by atoms with Crippen molar-refractivity contribution < 1.29 is 4.79 Å². The summed E-state index contributed by atoms with van der Waals surface area (Å²) in [6.07, 6.45) is 5.74. The van der Waals surface area contributed by atoms with E-state index in [4.69, 9.17) is 0 Å². The summed E-state index contributed by atoms with van der Waals surface area (Å²) in [6.45, 7) is 2.74. The van der Waals surface area contributed by atoms with Crippen LogP contribution in [0.1, 0.15) is 25.3 Å². The number of aromatic nitrogens is 1. The Labute approximate surface area is 119 Å². The molecule has 4 heteroatoms. The molecule has 0 spiro atoms. The van der Waals surface area contributed by atoms with E-state index in [0.717, 1.165) is 17.6 Å². The van der Waals surface area contributed by atoms with Crippen LogP contribution in [0.3, 0.4) is 0 Å². The molecule has 0 saturated carbocycles. The molecular formula is C16H21N3O. The first-order valence-electron chi connectivity index (χ1n) is 7.21. The molecule has 0 aliphatic carbocycles. The smallest absolute Gasteiger partial charge is 0.221 e. The van der Waals surface area contributed by atoms with E-state index in [2.05, 4.69) is 34.5 Å². The molecule has 0 unspecified atom stereocenters. The largest absolute Gasteiger partial charge is 0.361 e. The third-order valence-electron chi connectivity index (χ3n) is 4.21. The number of anilines is 1. The van der Waals surface area contributed by atoms with Gasteiger partial charge in [0.1, 0.15) is 0 Å². The normalized spacial score (nSPS) is 19.6. The Bertz CT molecular complexity index is 632. The van der Waals surface area contributed by atoms with Gasteiger partial charge in [-0.05, 0) is 56.6 Å². The van der Waals surface area contributed by atoms with Crippen molar-refractivity contribution in [2.24, 2.45) is 0 Å². The molecule has 0 radical (unpaired) electrons. The molecule has 1 saturated heterocycles. The number of hydrogen-bond acceptors (Lipinski definition) is 2. The van der Waals surface area contributed by atoms with Crippen molar-refractivity contribution in [1.29, 1.82) is 0 Å². The lowest BCUT2D eigenvalue weighted by atomic mass is 10.0. The molecule has 1 aliphatic heterocycles. The second kappa shape index (κ2) is 5.29. The summed E-state index contributed by atoms with van der Waals surface area (Å²) >= 11 is 0. The Kier molecular flexibility index (Phi) is 3.49. The summed E-state index contributed by atoms with van der Waals surface area (Å²) in [5.41, 5.74) is 3.34. The Morgan fingerprint density at radius 1 is 1.50 bits per heavy atom. The van der Waals surface area contributed by atoms with Gasteiger partial charge in [0.05, 0.1) is 0 Å².